The maximum Gasteiger partial charge on any atom is 0.0599 e. The van der Waals surface area contributed by atoms with Crippen molar-refractivity contribution in [2.24, 2.45) is 0 Å². The molecule has 1 atom stereocenters. The van der Waals surface area contributed by atoms with Crippen LogP contribution in [0.2, 0.25) is 5.02 Å². The molecule has 1 unspecified atom stereocenters. The number of hydrogen-bond acceptors (Lipinski definition) is 3. The largest absolute Gasteiger partial charge is 0.396 e. The van der Waals surface area contributed by atoms with Crippen molar-refractivity contribution in [3.05, 3.63) is 34.9 Å². The fourth-order valence-corrected chi connectivity index (χ4v) is 2.92. The first kappa shape index (κ1) is 15.8. The molecule has 3 nitrogen and oxygen atoms in total. The van der Waals surface area contributed by atoms with Gasteiger partial charge < -0.3 is 9.84 Å². The van der Waals surface area contributed by atoms with E-state index in [1.807, 2.05) is 12.1 Å². The van der Waals surface area contributed by atoms with E-state index in [1.54, 1.807) is 0 Å². The summed E-state index contributed by atoms with van der Waals surface area (Å²) >= 11 is 6.06. The average molecular weight is 298 g/mol. The van der Waals surface area contributed by atoms with Crippen molar-refractivity contribution in [2.75, 3.05) is 26.3 Å². The zero-order chi connectivity index (χ0) is 14.4. The number of hydrogen-bond donors (Lipinski definition) is 1. The molecule has 0 saturated carbocycles. The minimum atomic E-state index is 0.213. The summed E-state index contributed by atoms with van der Waals surface area (Å²) in [7, 11) is 0. The van der Waals surface area contributed by atoms with Gasteiger partial charge in [-0.1, -0.05) is 23.7 Å². The highest BCUT2D eigenvalue weighted by molar-refractivity contribution is 6.30. The molecular weight excluding hydrogens is 274 g/mol. The third-order valence-electron chi connectivity index (χ3n) is 4.01. The number of aliphatic hydroxyl groups is 1. The number of nitrogens with zero attached hydrogens (tertiary/aromatic N) is 1. The Labute approximate surface area is 126 Å². The summed E-state index contributed by atoms with van der Waals surface area (Å²) in [6.07, 6.45) is 3.22. The molecule has 1 heterocycles. The SMILES string of the molecule is CC(c1cccc(Cl)c1)N1CCC(OCCCO)CC1. The Balaban J connectivity index is 1.81. The van der Waals surface area contributed by atoms with Crippen molar-refractivity contribution >= 4 is 11.6 Å². The summed E-state index contributed by atoms with van der Waals surface area (Å²) < 4.78 is 5.77. The molecular formula is C16H24ClNO2. The van der Waals surface area contributed by atoms with E-state index in [4.69, 9.17) is 21.4 Å². The molecule has 112 valence electrons. The highest BCUT2D eigenvalue weighted by Gasteiger charge is 2.23. The minimum Gasteiger partial charge on any atom is -0.396 e. The number of rotatable bonds is 6. The quantitative estimate of drug-likeness (QED) is 0.818. The van der Waals surface area contributed by atoms with Gasteiger partial charge in [0.25, 0.3) is 0 Å². The normalized spacial score (nSPS) is 19.1. The van der Waals surface area contributed by atoms with E-state index in [1.165, 1.54) is 5.56 Å². The zero-order valence-electron chi connectivity index (χ0n) is 12.1. The van der Waals surface area contributed by atoms with Gasteiger partial charge in [0.05, 0.1) is 6.10 Å². The van der Waals surface area contributed by atoms with Crippen LogP contribution >= 0.6 is 11.6 Å². The molecule has 0 radical (unpaired) electrons. The minimum absolute atomic E-state index is 0.213. The van der Waals surface area contributed by atoms with Gasteiger partial charge in [-0.25, -0.2) is 0 Å². The third kappa shape index (κ3) is 4.45. The van der Waals surface area contributed by atoms with Crippen LogP contribution in [0.5, 0.6) is 0 Å². The summed E-state index contributed by atoms with van der Waals surface area (Å²) in [5.74, 6) is 0. The van der Waals surface area contributed by atoms with Crippen molar-refractivity contribution in [3.63, 3.8) is 0 Å². The van der Waals surface area contributed by atoms with Crippen LogP contribution < -0.4 is 0 Å². The molecule has 2 rings (SSSR count). The van der Waals surface area contributed by atoms with Gasteiger partial charge >= 0.3 is 0 Å². The number of piperidine rings is 1. The Morgan fingerprint density at radius 3 is 2.80 bits per heavy atom. The highest BCUT2D eigenvalue weighted by atomic mass is 35.5. The Hall–Kier alpha value is -0.610. The molecule has 1 aromatic rings. The molecule has 1 N–H and O–H groups in total. The number of aliphatic hydroxyl groups excluding tert-OH is 1. The summed E-state index contributed by atoms with van der Waals surface area (Å²) in [5, 5.41) is 9.56. The summed E-state index contributed by atoms with van der Waals surface area (Å²) in [6, 6.07) is 8.51. The van der Waals surface area contributed by atoms with Gasteiger partial charge in [0.2, 0.25) is 0 Å². The molecule has 0 aromatic heterocycles. The van der Waals surface area contributed by atoms with Crippen molar-refractivity contribution < 1.29 is 9.84 Å². The van der Waals surface area contributed by atoms with Gasteiger partial charge in [-0.3, -0.25) is 4.90 Å². The van der Waals surface area contributed by atoms with Crippen molar-refractivity contribution in [1.29, 1.82) is 0 Å². The van der Waals surface area contributed by atoms with Crippen molar-refractivity contribution in [3.8, 4) is 0 Å². The first-order valence-electron chi connectivity index (χ1n) is 7.42. The zero-order valence-corrected chi connectivity index (χ0v) is 12.9. The van der Waals surface area contributed by atoms with Crippen LogP contribution in [0.25, 0.3) is 0 Å². The van der Waals surface area contributed by atoms with Gasteiger partial charge in [-0.05, 0) is 43.9 Å². The van der Waals surface area contributed by atoms with Gasteiger partial charge in [0.15, 0.2) is 0 Å². The average Bonchev–Trinajstić information content (AvgIpc) is 2.47. The Bertz CT molecular complexity index is 405. The lowest BCUT2D eigenvalue weighted by molar-refractivity contribution is -0.00510. The second-order valence-corrected chi connectivity index (χ2v) is 5.85. The first-order chi connectivity index (χ1) is 9.70. The summed E-state index contributed by atoms with van der Waals surface area (Å²) in [6.45, 7) is 5.23. The number of likely N-dealkylation sites (tertiary alicyclic amines) is 1. The lowest BCUT2D eigenvalue weighted by atomic mass is 10.0. The molecule has 0 spiro atoms. The topological polar surface area (TPSA) is 32.7 Å². The van der Waals surface area contributed by atoms with Gasteiger partial charge in [0.1, 0.15) is 0 Å². The molecule has 4 heteroatoms. The molecule has 1 fully saturated rings. The maximum absolute atomic E-state index is 8.76. The predicted molar refractivity (Wildman–Crippen MR) is 82.1 cm³/mol. The van der Waals surface area contributed by atoms with Gasteiger partial charge in [-0.15, -0.1) is 0 Å². The van der Waals surface area contributed by atoms with E-state index in [2.05, 4.69) is 24.0 Å². The van der Waals surface area contributed by atoms with Crippen LogP contribution in [0.15, 0.2) is 24.3 Å². The van der Waals surface area contributed by atoms with Crippen LogP contribution in [0.1, 0.15) is 37.8 Å². The molecule has 0 bridgehead atoms. The van der Waals surface area contributed by atoms with E-state index >= 15 is 0 Å². The lowest BCUT2D eigenvalue weighted by Crippen LogP contribution is -2.38. The second-order valence-electron chi connectivity index (χ2n) is 5.41. The molecule has 1 aliphatic heterocycles. The maximum atomic E-state index is 8.76. The number of benzene rings is 1. The van der Waals surface area contributed by atoms with E-state index in [0.29, 0.717) is 18.8 Å². The van der Waals surface area contributed by atoms with Crippen molar-refractivity contribution in [1.82, 2.24) is 4.90 Å². The third-order valence-corrected chi connectivity index (χ3v) is 4.25. The fraction of sp³-hybridized carbons (Fsp3) is 0.625. The molecule has 1 aliphatic rings. The molecule has 20 heavy (non-hydrogen) atoms. The molecule has 0 aliphatic carbocycles. The fourth-order valence-electron chi connectivity index (χ4n) is 2.72. The van der Waals surface area contributed by atoms with Crippen LogP contribution in [-0.2, 0) is 4.74 Å². The predicted octanol–water partition coefficient (Wildman–Crippen LogP) is 3.26. The van der Waals surface area contributed by atoms with E-state index in [9.17, 15) is 0 Å². The van der Waals surface area contributed by atoms with E-state index < -0.39 is 0 Å². The van der Waals surface area contributed by atoms with Crippen LogP contribution in [-0.4, -0.2) is 42.4 Å². The molecule has 1 aromatic carbocycles. The standard InChI is InChI=1S/C16H24ClNO2/c1-13(14-4-2-5-15(17)12-14)18-8-6-16(7-9-18)20-11-3-10-19/h2,4-5,12-13,16,19H,3,6-11H2,1H3. The lowest BCUT2D eigenvalue weighted by Gasteiger charge is -2.36. The number of halogens is 1. The molecule has 0 amide bonds. The van der Waals surface area contributed by atoms with Crippen LogP contribution in [0.4, 0.5) is 0 Å². The summed E-state index contributed by atoms with van der Waals surface area (Å²) in [4.78, 5) is 2.48. The summed E-state index contributed by atoms with van der Waals surface area (Å²) in [5.41, 5.74) is 1.28. The highest BCUT2D eigenvalue weighted by Crippen LogP contribution is 2.26. The monoisotopic (exact) mass is 297 g/mol. The Morgan fingerprint density at radius 1 is 1.40 bits per heavy atom. The second kappa shape index (κ2) is 7.99. The van der Waals surface area contributed by atoms with Crippen LogP contribution in [0.3, 0.4) is 0 Å². The van der Waals surface area contributed by atoms with Gasteiger partial charge in [-0.2, -0.15) is 0 Å². The smallest absolute Gasteiger partial charge is 0.0599 e. The Morgan fingerprint density at radius 2 is 2.15 bits per heavy atom. The Kier molecular flexibility index (Phi) is 6.30. The van der Waals surface area contributed by atoms with Crippen molar-refractivity contribution in [2.45, 2.75) is 38.3 Å². The number of ether oxygens (including phenoxy) is 1. The first-order valence-corrected chi connectivity index (χ1v) is 7.80. The van der Waals surface area contributed by atoms with Gasteiger partial charge in [0, 0.05) is 37.4 Å². The van der Waals surface area contributed by atoms with Crippen LogP contribution in [0, 0.1) is 0 Å². The van der Waals surface area contributed by atoms with E-state index in [-0.39, 0.29) is 6.61 Å². The molecule has 1 saturated heterocycles. The van der Waals surface area contributed by atoms with E-state index in [0.717, 1.165) is 37.4 Å².